The maximum absolute atomic E-state index is 13.2. The number of carbonyl (C=O) groups is 5. The van der Waals surface area contributed by atoms with Crippen molar-refractivity contribution in [1.29, 1.82) is 0 Å². The van der Waals surface area contributed by atoms with Gasteiger partial charge < -0.3 is 35.4 Å². The molecule has 2 fully saturated rings. The van der Waals surface area contributed by atoms with Crippen LogP contribution in [-0.4, -0.2) is 99.2 Å². The van der Waals surface area contributed by atoms with Crippen LogP contribution < -0.4 is 11.1 Å². The number of ether oxygens (including phenoxy) is 3. The molecular weight excluding hydrogens is 580 g/mol. The lowest BCUT2D eigenvalue weighted by Gasteiger charge is -2.49. The number of aromatic nitrogens is 1. The number of rotatable bonds is 8. The summed E-state index contributed by atoms with van der Waals surface area (Å²) in [6.45, 7) is 5.10. The summed E-state index contributed by atoms with van der Waals surface area (Å²) in [5.41, 5.74) is 4.52. The zero-order chi connectivity index (χ0) is 29.9. The van der Waals surface area contributed by atoms with Crippen molar-refractivity contribution in [3.05, 3.63) is 22.3 Å². The minimum atomic E-state index is -1.07. The monoisotopic (exact) mass is 610 g/mol. The largest absolute Gasteiger partial charge is 0.445 e. The molecule has 2 saturated heterocycles. The SMILES string of the molecule is CC(C)(C)C(=O)OCOC(=O)C1=C(COC(=O)N2CCCC2)CSC2C(NC(=O)/C(=N\O)c3csc(N)n3)C(=O)N12. The molecule has 2 unspecified atom stereocenters. The molecule has 0 aromatic carbocycles. The molecule has 3 aliphatic heterocycles. The summed E-state index contributed by atoms with van der Waals surface area (Å²) in [6.07, 6.45) is 1.20. The molecule has 222 valence electrons. The standard InChI is InChI=1S/C24H30N6O9S2/c1-24(2,3)21(34)39-11-38-20(33)16-12(8-37-23(35)29-6-4-5-7-29)9-40-19-15(18(32)30(16)19)27-17(31)14(28-36)13-10-41-22(25)26-13/h10,15,19,36H,4-9,11H2,1-3H3,(H2,25,26)(H,27,31)/b28-14-. The van der Waals surface area contributed by atoms with Crippen LogP contribution in [0.25, 0.3) is 0 Å². The molecule has 0 spiro atoms. The van der Waals surface area contributed by atoms with E-state index in [1.165, 1.54) is 17.1 Å². The van der Waals surface area contributed by atoms with Gasteiger partial charge in [0.2, 0.25) is 6.79 Å². The zero-order valence-electron chi connectivity index (χ0n) is 22.6. The topological polar surface area (TPSA) is 203 Å². The van der Waals surface area contributed by atoms with Gasteiger partial charge in [-0.2, -0.15) is 0 Å². The van der Waals surface area contributed by atoms with Gasteiger partial charge in [0.1, 0.15) is 29.4 Å². The molecule has 1 aromatic rings. The Morgan fingerprint density at radius 3 is 2.51 bits per heavy atom. The highest BCUT2D eigenvalue weighted by Crippen LogP contribution is 2.41. The summed E-state index contributed by atoms with van der Waals surface area (Å²) in [5, 5.41) is 15.7. The van der Waals surface area contributed by atoms with Crippen molar-refractivity contribution >= 4 is 63.8 Å². The fraction of sp³-hybridized carbons (Fsp3) is 0.542. The van der Waals surface area contributed by atoms with E-state index in [1.807, 2.05) is 0 Å². The van der Waals surface area contributed by atoms with Gasteiger partial charge in [-0.3, -0.25) is 19.3 Å². The summed E-state index contributed by atoms with van der Waals surface area (Å²) in [5.74, 6) is -2.90. The fourth-order valence-electron chi connectivity index (χ4n) is 4.16. The number of fused-ring (bicyclic) bond motifs is 1. The molecule has 0 bridgehead atoms. The molecule has 3 aliphatic rings. The lowest BCUT2D eigenvalue weighted by Crippen LogP contribution is -2.71. The van der Waals surface area contributed by atoms with Crippen molar-refractivity contribution in [3.8, 4) is 0 Å². The third kappa shape index (κ3) is 6.56. The highest BCUT2D eigenvalue weighted by Gasteiger charge is 2.55. The first-order valence-corrected chi connectivity index (χ1v) is 14.5. The number of carbonyl (C=O) groups excluding carboxylic acids is 5. The predicted octanol–water partition coefficient (Wildman–Crippen LogP) is 0.880. The quantitative estimate of drug-likeness (QED) is 0.0938. The van der Waals surface area contributed by atoms with Crippen molar-refractivity contribution in [3.63, 3.8) is 0 Å². The number of thiazole rings is 1. The van der Waals surface area contributed by atoms with Crippen LogP contribution in [0.15, 0.2) is 21.8 Å². The average Bonchev–Trinajstić information content (AvgIpc) is 3.62. The van der Waals surface area contributed by atoms with E-state index in [2.05, 4.69) is 15.5 Å². The van der Waals surface area contributed by atoms with Crippen LogP contribution in [0.5, 0.6) is 0 Å². The zero-order valence-corrected chi connectivity index (χ0v) is 24.2. The van der Waals surface area contributed by atoms with Gasteiger partial charge in [-0.1, -0.05) is 5.16 Å². The second-order valence-electron chi connectivity index (χ2n) is 10.3. The third-order valence-electron chi connectivity index (χ3n) is 6.33. The van der Waals surface area contributed by atoms with E-state index >= 15 is 0 Å². The van der Waals surface area contributed by atoms with Gasteiger partial charge in [-0.05, 0) is 33.6 Å². The van der Waals surface area contributed by atoms with Crippen molar-refractivity contribution in [2.45, 2.75) is 45.0 Å². The van der Waals surface area contributed by atoms with Crippen LogP contribution in [0.3, 0.4) is 0 Å². The number of β-lactam (4-membered cyclic amide) rings is 1. The van der Waals surface area contributed by atoms with E-state index in [9.17, 15) is 29.2 Å². The molecule has 4 heterocycles. The highest BCUT2D eigenvalue weighted by atomic mass is 32.2. The number of thioether (sulfide) groups is 1. The van der Waals surface area contributed by atoms with Crippen LogP contribution in [0.1, 0.15) is 39.3 Å². The highest BCUT2D eigenvalue weighted by molar-refractivity contribution is 8.00. The lowest BCUT2D eigenvalue weighted by molar-refractivity contribution is -0.173. The minimum absolute atomic E-state index is 0.0310. The smallest absolute Gasteiger partial charge is 0.410 e. The molecule has 4 N–H and O–H groups in total. The van der Waals surface area contributed by atoms with Crippen LogP contribution in [0.4, 0.5) is 9.93 Å². The fourth-order valence-corrected chi connectivity index (χ4v) is 6.04. The van der Waals surface area contributed by atoms with Crippen LogP contribution in [0.2, 0.25) is 0 Å². The Morgan fingerprint density at radius 2 is 1.90 bits per heavy atom. The van der Waals surface area contributed by atoms with Gasteiger partial charge in [0, 0.05) is 29.8 Å². The molecule has 1 aromatic heterocycles. The molecule has 0 aliphatic carbocycles. The minimum Gasteiger partial charge on any atom is -0.445 e. The first-order chi connectivity index (χ1) is 19.4. The van der Waals surface area contributed by atoms with Crippen molar-refractivity contribution in [1.82, 2.24) is 20.1 Å². The van der Waals surface area contributed by atoms with Crippen LogP contribution in [-0.2, 0) is 33.4 Å². The number of likely N-dealkylation sites (tertiary alicyclic amines) is 1. The number of anilines is 1. The maximum atomic E-state index is 13.2. The lowest BCUT2D eigenvalue weighted by atomic mass is 9.98. The second kappa shape index (κ2) is 12.3. The number of oxime groups is 1. The van der Waals surface area contributed by atoms with E-state index in [0.29, 0.717) is 18.7 Å². The first kappa shape index (κ1) is 30.1. The summed E-state index contributed by atoms with van der Waals surface area (Å²) in [4.78, 5) is 70.3. The van der Waals surface area contributed by atoms with Gasteiger partial charge in [-0.15, -0.1) is 23.1 Å². The Bertz CT molecular complexity index is 1300. The summed E-state index contributed by atoms with van der Waals surface area (Å²) >= 11 is 2.27. The Hall–Kier alpha value is -3.86. The molecule has 41 heavy (non-hydrogen) atoms. The van der Waals surface area contributed by atoms with E-state index < -0.39 is 59.2 Å². The first-order valence-electron chi connectivity index (χ1n) is 12.6. The van der Waals surface area contributed by atoms with E-state index in [4.69, 9.17) is 19.9 Å². The number of nitrogen functional groups attached to an aromatic ring is 1. The second-order valence-corrected chi connectivity index (χ2v) is 12.3. The number of nitrogens with two attached hydrogens (primary N) is 1. The van der Waals surface area contributed by atoms with Crippen molar-refractivity contribution in [2.24, 2.45) is 10.6 Å². The Labute approximate surface area is 243 Å². The number of nitrogens with zero attached hydrogens (tertiary/aromatic N) is 4. The number of amides is 3. The average molecular weight is 611 g/mol. The van der Waals surface area contributed by atoms with Gasteiger partial charge in [0.25, 0.3) is 11.8 Å². The van der Waals surface area contributed by atoms with Gasteiger partial charge in [-0.25, -0.2) is 14.6 Å². The summed E-state index contributed by atoms with van der Waals surface area (Å²) in [7, 11) is 0. The maximum Gasteiger partial charge on any atom is 0.410 e. The van der Waals surface area contributed by atoms with Gasteiger partial charge in [0.05, 0.1) is 5.41 Å². The molecule has 0 radical (unpaired) electrons. The third-order valence-corrected chi connectivity index (χ3v) is 8.35. The van der Waals surface area contributed by atoms with E-state index in [-0.39, 0.29) is 28.9 Å². The number of hydrogen-bond donors (Lipinski definition) is 3. The molecule has 2 atom stereocenters. The molecule has 0 saturated carbocycles. The van der Waals surface area contributed by atoms with Crippen molar-refractivity contribution < 1.29 is 43.4 Å². The molecule has 4 rings (SSSR count). The Balaban J connectivity index is 1.49. The van der Waals surface area contributed by atoms with Crippen LogP contribution >= 0.6 is 23.1 Å². The molecule has 15 nitrogen and oxygen atoms in total. The molecule has 3 amide bonds. The Morgan fingerprint density at radius 1 is 1.20 bits per heavy atom. The predicted molar refractivity (Wildman–Crippen MR) is 146 cm³/mol. The van der Waals surface area contributed by atoms with E-state index in [0.717, 1.165) is 29.1 Å². The Kier molecular flexibility index (Phi) is 9.06. The number of esters is 2. The van der Waals surface area contributed by atoms with E-state index in [1.54, 1.807) is 25.7 Å². The summed E-state index contributed by atoms with van der Waals surface area (Å²) < 4.78 is 15.6. The number of hydrogen-bond acceptors (Lipinski definition) is 14. The molecular formula is C24H30N6O9S2. The van der Waals surface area contributed by atoms with Gasteiger partial charge >= 0.3 is 18.0 Å². The van der Waals surface area contributed by atoms with Crippen LogP contribution in [0, 0.1) is 5.41 Å². The summed E-state index contributed by atoms with van der Waals surface area (Å²) in [6, 6.07) is -1.07. The van der Waals surface area contributed by atoms with Gasteiger partial charge in [0.15, 0.2) is 10.8 Å². The normalized spacial score (nSPS) is 20.8. The number of nitrogens with one attached hydrogen (secondary N) is 1. The van der Waals surface area contributed by atoms with Crippen molar-refractivity contribution in [2.75, 3.05) is 38.0 Å². The molecule has 17 heteroatoms.